The van der Waals surface area contributed by atoms with E-state index in [1.54, 1.807) is 6.20 Å². The number of nitrogens with one attached hydrogen (secondary N) is 1. The summed E-state index contributed by atoms with van der Waals surface area (Å²) >= 11 is 0. The molecule has 138 valence electrons. The summed E-state index contributed by atoms with van der Waals surface area (Å²) < 4.78 is 0. The number of amides is 1. The molecule has 1 fully saturated rings. The fraction of sp³-hybridized carbons (Fsp3) is 0.429. The van der Waals surface area contributed by atoms with Crippen LogP contribution in [0.15, 0.2) is 48.7 Å². The first kappa shape index (κ1) is 18.4. The van der Waals surface area contributed by atoms with E-state index in [-0.39, 0.29) is 5.91 Å². The number of carbonyl (C=O) groups is 1. The molecule has 1 aliphatic heterocycles. The lowest BCUT2D eigenvalue weighted by molar-refractivity contribution is 0.0623. The van der Waals surface area contributed by atoms with E-state index in [4.69, 9.17) is 0 Å². The summed E-state index contributed by atoms with van der Waals surface area (Å²) in [5.74, 6) is 0.0273. The van der Waals surface area contributed by atoms with E-state index in [1.807, 2.05) is 23.1 Å². The number of hydrogen-bond acceptors (Lipinski definition) is 4. The Morgan fingerprint density at radius 1 is 1.12 bits per heavy atom. The SMILES string of the molecule is CCC(C)Nc1ccc(C(=O)N2CCN(Cc3ccccc3)CC2)nc1. The van der Waals surface area contributed by atoms with Crippen LogP contribution in [-0.2, 0) is 6.54 Å². The van der Waals surface area contributed by atoms with E-state index in [1.165, 1.54) is 5.56 Å². The van der Waals surface area contributed by atoms with Crippen LogP contribution < -0.4 is 5.32 Å². The van der Waals surface area contributed by atoms with Crippen molar-refractivity contribution in [1.82, 2.24) is 14.8 Å². The molecule has 3 rings (SSSR count). The van der Waals surface area contributed by atoms with Crippen molar-refractivity contribution in [3.63, 3.8) is 0 Å². The van der Waals surface area contributed by atoms with Gasteiger partial charge in [0.2, 0.25) is 0 Å². The largest absolute Gasteiger partial charge is 0.381 e. The minimum Gasteiger partial charge on any atom is -0.381 e. The first-order valence-corrected chi connectivity index (χ1v) is 9.44. The summed E-state index contributed by atoms with van der Waals surface area (Å²) in [7, 11) is 0. The number of benzene rings is 1. The molecule has 1 aromatic heterocycles. The van der Waals surface area contributed by atoms with E-state index in [0.29, 0.717) is 11.7 Å². The van der Waals surface area contributed by atoms with Crippen molar-refractivity contribution in [2.75, 3.05) is 31.5 Å². The summed E-state index contributed by atoms with van der Waals surface area (Å²) in [4.78, 5) is 21.3. The number of anilines is 1. The molecule has 0 radical (unpaired) electrons. The van der Waals surface area contributed by atoms with Gasteiger partial charge in [-0.3, -0.25) is 9.69 Å². The zero-order valence-electron chi connectivity index (χ0n) is 15.7. The number of pyridine rings is 1. The van der Waals surface area contributed by atoms with Crippen molar-refractivity contribution in [3.05, 3.63) is 59.9 Å². The molecule has 1 atom stereocenters. The maximum atomic E-state index is 12.7. The summed E-state index contributed by atoms with van der Waals surface area (Å²) in [6, 6.07) is 14.6. The maximum absolute atomic E-state index is 12.7. The molecule has 0 aliphatic carbocycles. The monoisotopic (exact) mass is 352 g/mol. The third-order valence-electron chi connectivity index (χ3n) is 4.92. The average Bonchev–Trinajstić information content (AvgIpc) is 2.69. The highest BCUT2D eigenvalue weighted by atomic mass is 16.2. The second kappa shape index (κ2) is 8.81. The summed E-state index contributed by atoms with van der Waals surface area (Å²) in [6.45, 7) is 8.51. The number of piperazine rings is 1. The zero-order valence-corrected chi connectivity index (χ0v) is 15.7. The van der Waals surface area contributed by atoms with Gasteiger partial charge in [0, 0.05) is 38.8 Å². The third kappa shape index (κ3) is 4.82. The molecule has 0 spiro atoms. The number of rotatable bonds is 6. The third-order valence-corrected chi connectivity index (χ3v) is 4.92. The lowest BCUT2D eigenvalue weighted by atomic mass is 10.2. The molecule has 1 unspecified atom stereocenters. The highest BCUT2D eigenvalue weighted by Crippen LogP contribution is 2.13. The first-order valence-electron chi connectivity index (χ1n) is 9.44. The Kier molecular flexibility index (Phi) is 6.23. The lowest BCUT2D eigenvalue weighted by Gasteiger charge is -2.34. The number of nitrogens with zero attached hydrogens (tertiary/aromatic N) is 3. The predicted molar refractivity (Wildman–Crippen MR) is 105 cm³/mol. The van der Waals surface area contributed by atoms with Gasteiger partial charge in [-0.25, -0.2) is 4.98 Å². The highest BCUT2D eigenvalue weighted by Gasteiger charge is 2.22. The summed E-state index contributed by atoms with van der Waals surface area (Å²) in [5, 5.41) is 3.37. The molecule has 1 aromatic carbocycles. The minimum absolute atomic E-state index is 0.0273. The highest BCUT2D eigenvalue weighted by molar-refractivity contribution is 5.92. The van der Waals surface area contributed by atoms with Crippen molar-refractivity contribution >= 4 is 11.6 Å². The second-order valence-corrected chi connectivity index (χ2v) is 6.94. The number of carbonyl (C=O) groups excluding carboxylic acids is 1. The van der Waals surface area contributed by atoms with Crippen LogP contribution in [0, 0.1) is 0 Å². The predicted octanol–water partition coefficient (Wildman–Crippen LogP) is 3.25. The van der Waals surface area contributed by atoms with Crippen LogP contribution in [0.4, 0.5) is 5.69 Å². The van der Waals surface area contributed by atoms with E-state index in [2.05, 4.69) is 53.3 Å². The standard InChI is InChI=1S/C21H28N4O/c1-3-17(2)23-19-9-10-20(22-15-19)21(26)25-13-11-24(12-14-25)16-18-7-5-4-6-8-18/h4-10,15,17,23H,3,11-14,16H2,1-2H3. The smallest absolute Gasteiger partial charge is 0.272 e. The normalized spacial score (nSPS) is 16.3. The fourth-order valence-corrected chi connectivity index (χ4v) is 3.11. The van der Waals surface area contributed by atoms with Crippen LogP contribution in [0.25, 0.3) is 0 Å². The molecule has 5 heteroatoms. The Hall–Kier alpha value is -2.40. The molecule has 1 saturated heterocycles. The van der Waals surface area contributed by atoms with Gasteiger partial charge < -0.3 is 10.2 Å². The minimum atomic E-state index is 0.0273. The van der Waals surface area contributed by atoms with Crippen LogP contribution in [0.5, 0.6) is 0 Å². The van der Waals surface area contributed by atoms with Crippen LogP contribution in [0.3, 0.4) is 0 Å². The topological polar surface area (TPSA) is 48.5 Å². The Morgan fingerprint density at radius 3 is 2.46 bits per heavy atom. The van der Waals surface area contributed by atoms with E-state index in [9.17, 15) is 4.79 Å². The molecule has 26 heavy (non-hydrogen) atoms. The molecule has 1 N–H and O–H groups in total. The van der Waals surface area contributed by atoms with Gasteiger partial charge in [0.25, 0.3) is 5.91 Å². The van der Waals surface area contributed by atoms with E-state index in [0.717, 1.165) is 44.8 Å². The molecule has 0 saturated carbocycles. The maximum Gasteiger partial charge on any atom is 0.272 e. The van der Waals surface area contributed by atoms with E-state index >= 15 is 0 Å². The number of hydrogen-bond donors (Lipinski definition) is 1. The van der Waals surface area contributed by atoms with Crippen molar-refractivity contribution < 1.29 is 4.79 Å². The Morgan fingerprint density at radius 2 is 1.85 bits per heavy atom. The molecule has 5 nitrogen and oxygen atoms in total. The fourth-order valence-electron chi connectivity index (χ4n) is 3.11. The van der Waals surface area contributed by atoms with Crippen LogP contribution in [-0.4, -0.2) is 52.9 Å². The summed E-state index contributed by atoms with van der Waals surface area (Å²) in [5.41, 5.74) is 2.80. The molecular weight excluding hydrogens is 324 g/mol. The first-order chi connectivity index (χ1) is 12.7. The number of aromatic nitrogens is 1. The van der Waals surface area contributed by atoms with Gasteiger partial charge in [0.1, 0.15) is 5.69 Å². The van der Waals surface area contributed by atoms with Crippen molar-refractivity contribution in [1.29, 1.82) is 0 Å². The van der Waals surface area contributed by atoms with Gasteiger partial charge in [-0.1, -0.05) is 37.3 Å². The summed E-state index contributed by atoms with van der Waals surface area (Å²) in [6.07, 6.45) is 2.80. The molecule has 1 amide bonds. The van der Waals surface area contributed by atoms with Crippen LogP contribution in [0.2, 0.25) is 0 Å². The Labute approximate surface area is 156 Å². The van der Waals surface area contributed by atoms with Gasteiger partial charge in [-0.05, 0) is 31.0 Å². The lowest BCUT2D eigenvalue weighted by Crippen LogP contribution is -2.48. The van der Waals surface area contributed by atoms with Crippen molar-refractivity contribution in [2.24, 2.45) is 0 Å². The van der Waals surface area contributed by atoms with Crippen molar-refractivity contribution in [2.45, 2.75) is 32.9 Å². The molecule has 2 aromatic rings. The van der Waals surface area contributed by atoms with Gasteiger partial charge >= 0.3 is 0 Å². The van der Waals surface area contributed by atoms with Gasteiger partial charge in [-0.2, -0.15) is 0 Å². The zero-order chi connectivity index (χ0) is 18.4. The Bertz CT molecular complexity index is 694. The quantitative estimate of drug-likeness (QED) is 0.867. The van der Waals surface area contributed by atoms with E-state index < -0.39 is 0 Å². The molecule has 0 bridgehead atoms. The van der Waals surface area contributed by atoms with Gasteiger partial charge in [-0.15, -0.1) is 0 Å². The van der Waals surface area contributed by atoms with Gasteiger partial charge in [0.15, 0.2) is 0 Å². The van der Waals surface area contributed by atoms with Crippen LogP contribution >= 0.6 is 0 Å². The Balaban J connectivity index is 1.51. The molecule has 2 heterocycles. The van der Waals surface area contributed by atoms with Gasteiger partial charge in [0.05, 0.1) is 11.9 Å². The second-order valence-electron chi connectivity index (χ2n) is 6.94. The molecule has 1 aliphatic rings. The molecular formula is C21H28N4O. The van der Waals surface area contributed by atoms with Crippen LogP contribution in [0.1, 0.15) is 36.3 Å². The van der Waals surface area contributed by atoms with Crippen molar-refractivity contribution in [3.8, 4) is 0 Å². The average molecular weight is 352 g/mol.